The van der Waals surface area contributed by atoms with Crippen LogP contribution in [0, 0.1) is 4.91 Å². The van der Waals surface area contributed by atoms with E-state index in [0.717, 1.165) is 25.7 Å². The zero-order valence-electron chi connectivity index (χ0n) is 19.6. The number of fused-ring (bicyclic) bond motifs is 1. The second-order valence-corrected chi connectivity index (χ2v) is 8.81. The minimum absolute atomic E-state index is 0.0547. The van der Waals surface area contributed by atoms with Crippen molar-refractivity contribution in [1.82, 2.24) is 14.5 Å². The molecule has 182 valence electrons. The average molecular weight is 477 g/mol. The average Bonchev–Trinajstić information content (AvgIpc) is 3.22. The van der Waals surface area contributed by atoms with Gasteiger partial charge in [-0.1, -0.05) is 19.3 Å². The molecule has 1 heterocycles. The van der Waals surface area contributed by atoms with E-state index in [0.29, 0.717) is 22.2 Å². The lowest BCUT2D eigenvalue weighted by atomic mass is 9.94. The van der Waals surface area contributed by atoms with Gasteiger partial charge in [0, 0.05) is 37.2 Å². The van der Waals surface area contributed by atoms with Gasteiger partial charge in [0.15, 0.2) is 0 Å². The largest absolute Gasteiger partial charge is 0.370 e. The van der Waals surface area contributed by atoms with Crippen molar-refractivity contribution in [2.45, 2.75) is 51.1 Å². The standard InChI is InChI=1S/C25H28N6O4/c1-30(19-5-3-2-4-6-19)24(34)17-9-12-21-20(15-17)27-25(31(21)14-13-22(26)32)28-23(33)16-7-10-18(29-35)11-8-16/h7-12,15,19H,2-6,13-14H2,1H3,(H2,26,32)(H,27,28,33). The van der Waals surface area contributed by atoms with Gasteiger partial charge in [-0.15, -0.1) is 4.91 Å². The van der Waals surface area contributed by atoms with E-state index >= 15 is 0 Å². The highest BCUT2D eigenvalue weighted by Gasteiger charge is 2.24. The monoisotopic (exact) mass is 476 g/mol. The van der Waals surface area contributed by atoms with Crippen LogP contribution in [0.1, 0.15) is 59.2 Å². The molecule has 0 atom stereocenters. The number of aromatic nitrogens is 2. The molecule has 1 saturated carbocycles. The van der Waals surface area contributed by atoms with Crippen molar-refractivity contribution in [2.24, 2.45) is 10.9 Å². The van der Waals surface area contributed by atoms with E-state index in [4.69, 9.17) is 5.73 Å². The first-order valence-corrected chi connectivity index (χ1v) is 11.7. The number of benzene rings is 2. The van der Waals surface area contributed by atoms with Gasteiger partial charge in [-0.25, -0.2) is 4.98 Å². The normalized spacial score (nSPS) is 14.0. The second-order valence-electron chi connectivity index (χ2n) is 8.81. The van der Waals surface area contributed by atoms with Gasteiger partial charge in [-0.2, -0.15) is 0 Å². The number of hydrogen-bond acceptors (Lipinski definition) is 6. The molecule has 0 unspecified atom stereocenters. The summed E-state index contributed by atoms with van der Waals surface area (Å²) in [7, 11) is 1.84. The molecule has 2 aromatic carbocycles. The molecule has 3 aromatic rings. The first-order valence-electron chi connectivity index (χ1n) is 11.7. The molecule has 0 radical (unpaired) electrons. The topological polar surface area (TPSA) is 140 Å². The van der Waals surface area contributed by atoms with Crippen LogP contribution in [0.25, 0.3) is 11.0 Å². The Morgan fingerprint density at radius 1 is 1.09 bits per heavy atom. The number of nitroso groups, excluding NO2 is 1. The SMILES string of the molecule is CN(C(=O)c1ccc2c(c1)nc(NC(=O)c1ccc(N=O)cc1)n2CCC(N)=O)C1CCCCC1. The lowest BCUT2D eigenvalue weighted by Gasteiger charge is -2.31. The number of nitrogens with one attached hydrogen (secondary N) is 1. The second kappa shape index (κ2) is 10.5. The van der Waals surface area contributed by atoms with Crippen LogP contribution in [0.4, 0.5) is 11.6 Å². The molecule has 1 aliphatic rings. The predicted octanol–water partition coefficient (Wildman–Crippen LogP) is 3.97. The number of rotatable bonds is 8. The lowest BCUT2D eigenvalue weighted by molar-refractivity contribution is -0.118. The van der Waals surface area contributed by atoms with E-state index in [9.17, 15) is 19.3 Å². The lowest BCUT2D eigenvalue weighted by Crippen LogP contribution is -2.38. The van der Waals surface area contributed by atoms with Gasteiger partial charge in [-0.05, 0) is 60.5 Å². The molecular formula is C25H28N6O4. The summed E-state index contributed by atoms with van der Waals surface area (Å²) in [5.74, 6) is -0.762. The maximum absolute atomic E-state index is 13.1. The molecule has 0 saturated heterocycles. The Morgan fingerprint density at radius 3 is 2.43 bits per heavy atom. The first-order chi connectivity index (χ1) is 16.9. The molecule has 1 fully saturated rings. The predicted molar refractivity (Wildman–Crippen MR) is 132 cm³/mol. The Bertz CT molecular complexity index is 1260. The molecular weight excluding hydrogens is 448 g/mol. The van der Waals surface area contributed by atoms with Crippen LogP contribution in [0.15, 0.2) is 47.6 Å². The quantitative estimate of drug-likeness (QED) is 0.474. The highest BCUT2D eigenvalue weighted by atomic mass is 16.3. The molecule has 0 bridgehead atoms. The molecule has 10 heteroatoms. The van der Waals surface area contributed by atoms with Crippen molar-refractivity contribution in [1.29, 1.82) is 0 Å². The van der Waals surface area contributed by atoms with E-state index in [2.05, 4.69) is 15.5 Å². The fourth-order valence-corrected chi connectivity index (χ4v) is 4.49. The number of primary amides is 1. The number of amides is 3. The number of carbonyl (C=O) groups is 3. The highest BCUT2D eigenvalue weighted by Crippen LogP contribution is 2.26. The molecule has 0 aliphatic heterocycles. The van der Waals surface area contributed by atoms with Crippen LogP contribution in [0.5, 0.6) is 0 Å². The Hall–Kier alpha value is -4.08. The summed E-state index contributed by atoms with van der Waals surface area (Å²) in [5.41, 5.74) is 7.58. The van der Waals surface area contributed by atoms with Crippen LogP contribution in [0.3, 0.4) is 0 Å². The molecule has 3 amide bonds. The maximum Gasteiger partial charge on any atom is 0.257 e. The third-order valence-electron chi connectivity index (χ3n) is 6.48. The molecule has 35 heavy (non-hydrogen) atoms. The molecule has 3 N–H and O–H groups in total. The minimum atomic E-state index is -0.484. The molecule has 10 nitrogen and oxygen atoms in total. The summed E-state index contributed by atoms with van der Waals surface area (Å²) < 4.78 is 1.69. The van der Waals surface area contributed by atoms with E-state index < -0.39 is 11.8 Å². The number of imidazole rings is 1. The Balaban J connectivity index is 1.63. The minimum Gasteiger partial charge on any atom is -0.370 e. The summed E-state index contributed by atoms with van der Waals surface area (Å²) in [6.45, 7) is 0.213. The van der Waals surface area contributed by atoms with Gasteiger partial charge < -0.3 is 15.2 Å². The van der Waals surface area contributed by atoms with Gasteiger partial charge in [-0.3, -0.25) is 19.7 Å². The van der Waals surface area contributed by atoms with Gasteiger partial charge in [0.05, 0.1) is 11.0 Å². The summed E-state index contributed by atoms with van der Waals surface area (Å²) in [6, 6.07) is 11.3. The van der Waals surface area contributed by atoms with Gasteiger partial charge in [0.2, 0.25) is 11.9 Å². The summed E-state index contributed by atoms with van der Waals surface area (Å²) in [4.78, 5) is 54.3. The van der Waals surface area contributed by atoms with Crippen LogP contribution < -0.4 is 11.1 Å². The van der Waals surface area contributed by atoms with Crippen molar-refractivity contribution in [2.75, 3.05) is 12.4 Å². The van der Waals surface area contributed by atoms with Gasteiger partial charge in [0.25, 0.3) is 11.8 Å². The number of nitrogens with two attached hydrogens (primary N) is 1. The third-order valence-corrected chi connectivity index (χ3v) is 6.48. The van der Waals surface area contributed by atoms with Crippen molar-refractivity contribution < 1.29 is 14.4 Å². The fourth-order valence-electron chi connectivity index (χ4n) is 4.49. The number of hydrogen-bond donors (Lipinski definition) is 2. The summed E-state index contributed by atoms with van der Waals surface area (Å²) in [5, 5.41) is 5.59. The maximum atomic E-state index is 13.1. The Labute approximate surface area is 202 Å². The van der Waals surface area contributed by atoms with Crippen molar-refractivity contribution in [3.63, 3.8) is 0 Å². The van der Waals surface area contributed by atoms with Crippen molar-refractivity contribution in [3.8, 4) is 0 Å². The highest BCUT2D eigenvalue weighted by molar-refractivity contribution is 6.04. The number of aryl methyl sites for hydroxylation is 1. The van der Waals surface area contributed by atoms with E-state index in [1.165, 1.54) is 30.7 Å². The zero-order chi connectivity index (χ0) is 24.9. The van der Waals surface area contributed by atoms with Gasteiger partial charge in [0.1, 0.15) is 5.69 Å². The molecule has 0 spiro atoms. The third kappa shape index (κ3) is 5.37. The molecule has 1 aromatic heterocycles. The molecule has 4 rings (SSSR count). The smallest absolute Gasteiger partial charge is 0.257 e. The van der Waals surface area contributed by atoms with Crippen LogP contribution in [-0.2, 0) is 11.3 Å². The van der Waals surface area contributed by atoms with Crippen LogP contribution >= 0.6 is 0 Å². The van der Waals surface area contributed by atoms with Crippen molar-refractivity contribution >= 4 is 40.4 Å². The fraction of sp³-hybridized carbons (Fsp3) is 0.360. The zero-order valence-corrected chi connectivity index (χ0v) is 19.6. The number of nitrogens with zero attached hydrogens (tertiary/aromatic N) is 4. The van der Waals surface area contributed by atoms with Crippen LogP contribution in [-0.4, -0.2) is 45.3 Å². The Morgan fingerprint density at radius 2 is 1.77 bits per heavy atom. The number of anilines is 1. The summed E-state index contributed by atoms with van der Waals surface area (Å²) in [6.07, 6.45) is 5.53. The summed E-state index contributed by atoms with van der Waals surface area (Å²) >= 11 is 0. The Kier molecular flexibility index (Phi) is 7.19. The van der Waals surface area contributed by atoms with Crippen molar-refractivity contribution in [3.05, 3.63) is 58.5 Å². The van der Waals surface area contributed by atoms with E-state index in [-0.39, 0.29) is 36.6 Å². The first kappa shape index (κ1) is 24.1. The van der Waals surface area contributed by atoms with Crippen LogP contribution in [0.2, 0.25) is 0 Å². The van der Waals surface area contributed by atoms with E-state index in [1.807, 2.05) is 11.9 Å². The van der Waals surface area contributed by atoms with Gasteiger partial charge >= 0.3 is 0 Å². The van der Waals surface area contributed by atoms with E-state index in [1.54, 1.807) is 22.8 Å². The molecule has 1 aliphatic carbocycles. The number of carbonyl (C=O) groups excluding carboxylic acids is 3.